The second kappa shape index (κ2) is 9.23. The lowest BCUT2D eigenvalue weighted by Gasteiger charge is -2.26. The van der Waals surface area contributed by atoms with E-state index in [4.69, 9.17) is 14.2 Å². The molecule has 0 radical (unpaired) electrons. The Bertz CT molecular complexity index is 1130. The molecule has 2 heterocycles. The molecule has 1 aromatic heterocycles. The number of rotatable bonds is 8. The van der Waals surface area contributed by atoms with Crippen molar-refractivity contribution in [3.8, 4) is 11.5 Å². The van der Waals surface area contributed by atoms with E-state index < -0.39 is 23.8 Å². The van der Waals surface area contributed by atoms with Crippen molar-refractivity contribution in [1.82, 2.24) is 4.90 Å². The third-order valence-corrected chi connectivity index (χ3v) is 6.01. The molecule has 2 amide bonds. The number of esters is 1. The summed E-state index contributed by atoms with van der Waals surface area (Å²) in [4.78, 5) is 39.1. The Kier molecular flexibility index (Phi) is 6.23. The molecular weight excluding hydrogens is 430 g/mol. The van der Waals surface area contributed by atoms with E-state index in [0.717, 1.165) is 10.5 Å². The van der Waals surface area contributed by atoms with E-state index in [0.29, 0.717) is 34.8 Å². The Labute approximate surface area is 189 Å². The average molecular weight is 452 g/mol. The maximum atomic E-state index is 12.9. The lowest BCUT2D eigenvalue weighted by atomic mass is 10.0. The fourth-order valence-corrected chi connectivity index (χ4v) is 4.40. The largest absolute Gasteiger partial charge is 0.493 e. The van der Waals surface area contributed by atoms with Gasteiger partial charge in [-0.05, 0) is 23.3 Å². The number of hydrogen-bond acceptors (Lipinski definition) is 7. The Morgan fingerprint density at radius 3 is 2.28 bits per heavy atom. The van der Waals surface area contributed by atoms with Crippen LogP contribution in [0.4, 0.5) is 0 Å². The third-order valence-electron chi connectivity index (χ3n) is 5.27. The van der Waals surface area contributed by atoms with E-state index in [-0.39, 0.29) is 6.42 Å². The van der Waals surface area contributed by atoms with Crippen molar-refractivity contribution < 1.29 is 28.6 Å². The highest BCUT2D eigenvalue weighted by Gasteiger charge is 2.42. The molecule has 0 saturated heterocycles. The summed E-state index contributed by atoms with van der Waals surface area (Å²) in [5.74, 6) is -0.448. The first-order valence-electron chi connectivity index (χ1n) is 9.89. The molecular formula is C24H21NO6S. The van der Waals surface area contributed by atoms with Crippen molar-refractivity contribution in [1.29, 1.82) is 0 Å². The molecule has 164 valence electrons. The number of thiophene rings is 1. The summed E-state index contributed by atoms with van der Waals surface area (Å²) < 4.78 is 16.2. The molecule has 32 heavy (non-hydrogen) atoms. The van der Waals surface area contributed by atoms with Gasteiger partial charge in [0.15, 0.2) is 11.5 Å². The van der Waals surface area contributed by atoms with Crippen molar-refractivity contribution in [2.24, 2.45) is 0 Å². The minimum atomic E-state index is -0.836. The monoisotopic (exact) mass is 451 g/mol. The highest BCUT2D eigenvalue weighted by molar-refractivity contribution is 7.08. The van der Waals surface area contributed by atoms with Gasteiger partial charge in [-0.15, -0.1) is 0 Å². The van der Waals surface area contributed by atoms with Gasteiger partial charge in [-0.2, -0.15) is 11.3 Å². The summed E-state index contributed by atoms with van der Waals surface area (Å²) in [6.45, 7) is 0.352. The predicted octanol–water partition coefficient (Wildman–Crippen LogP) is 4.24. The maximum Gasteiger partial charge on any atom is 0.307 e. The Hall–Kier alpha value is -3.65. The van der Waals surface area contributed by atoms with Gasteiger partial charge in [0.25, 0.3) is 11.8 Å². The molecule has 1 unspecified atom stereocenters. The van der Waals surface area contributed by atoms with Crippen LogP contribution in [0.25, 0.3) is 0 Å². The molecule has 1 atom stereocenters. The number of nitrogens with zero attached hydrogens (tertiary/aromatic N) is 1. The predicted molar refractivity (Wildman–Crippen MR) is 118 cm³/mol. The lowest BCUT2D eigenvalue weighted by molar-refractivity contribution is -0.141. The summed E-state index contributed by atoms with van der Waals surface area (Å²) in [7, 11) is 2.78. The van der Waals surface area contributed by atoms with Crippen LogP contribution in [0.1, 0.15) is 44.3 Å². The van der Waals surface area contributed by atoms with E-state index in [1.165, 1.54) is 25.6 Å². The zero-order valence-electron chi connectivity index (χ0n) is 17.6. The molecule has 0 spiro atoms. The topological polar surface area (TPSA) is 82.1 Å². The van der Waals surface area contributed by atoms with Gasteiger partial charge in [0.1, 0.15) is 6.61 Å². The maximum absolute atomic E-state index is 12.9. The number of hydrogen-bond donors (Lipinski definition) is 0. The fraction of sp³-hybridized carbons (Fsp3) is 0.208. The van der Waals surface area contributed by atoms with Gasteiger partial charge in [0, 0.05) is 10.8 Å². The molecule has 0 N–H and O–H groups in total. The van der Waals surface area contributed by atoms with E-state index in [2.05, 4.69) is 0 Å². The Balaban J connectivity index is 1.64. The summed E-state index contributed by atoms with van der Waals surface area (Å²) >= 11 is 1.29. The number of methoxy groups -OCH3 is 2. The average Bonchev–Trinajstić information content (AvgIpc) is 3.40. The fourth-order valence-electron chi connectivity index (χ4n) is 3.61. The second-order valence-electron chi connectivity index (χ2n) is 7.16. The third kappa shape index (κ3) is 4.09. The molecule has 0 aliphatic carbocycles. The molecule has 1 aliphatic heterocycles. The Morgan fingerprint density at radius 2 is 1.66 bits per heavy atom. The van der Waals surface area contributed by atoms with Gasteiger partial charge in [-0.3, -0.25) is 19.3 Å². The molecule has 8 heteroatoms. The number of carbonyl (C=O) groups excluding carboxylic acids is 3. The zero-order valence-corrected chi connectivity index (χ0v) is 18.4. The van der Waals surface area contributed by atoms with E-state index >= 15 is 0 Å². The number of carbonyl (C=O) groups is 3. The molecule has 2 aromatic carbocycles. The quantitative estimate of drug-likeness (QED) is 0.376. The normalized spacial score (nSPS) is 13.6. The minimum absolute atomic E-state index is 0.172. The number of fused-ring (bicyclic) bond motifs is 1. The van der Waals surface area contributed by atoms with Crippen LogP contribution in [0.3, 0.4) is 0 Å². The van der Waals surface area contributed by atoms with E-state index in [9.17, 15) is 14.4 Å². The summed E-state index contributed by atoms with van der Waals surface area (Å²) in [6.07, 6.45) is -0.172. The molecule has 7 nitrogen and oxygen atoms in total. The van der Waals surface area contributed by atoms with E-state index in [1.54, 1.807) is 29.0 Å². The summed E-state index contributed by atoms with van der Waals surface area (Å²) in [5, 5.41) is 3.29. The first kappa shape index (κ1) is 21.6. The van der Waals surface area contributed by atoms with Crippen LogP contribution >= 0.6 is 11.3 Å². The number of benzene rings is 2. The van der Waals surface area contributed by atoms with Crippen molar-refractivity contribution in [3.63, 3.8) is 0 Å². The van der Waals surface area contributed by atoms with Crippen molar-refractivity contribution in [2.75, 3.05) is 14.2 Å². The number of amides is 2. The Morgan fingerprint density at radius 1 is 0.969 bits per heavy atom. The smallest absolute Gasteiger partial charge is 0.307 e. The number of imide groups is 1. The van der Waals surface area contributed by atoms with E-state index in [1.807, 2.05) is 30.3 Å². The van der Waals surface area contributed by atoms with Gasteiger partial charge in [-0.1, -0.05) is 36.4 Å². The van der Waals surface area contributed by atoms with Crippen LogP contribution in [-0.4, -0.2) is 36.9 Å². The molecule has 0 bridgehead atoms. The number of ether oxygens (including phenoxy) is 3. The zero-order chi connectivity index (χ0) is 22.7. The van der Waals surface area contributed by atoms with Crippen molar-refractivity contribution >= 4 is 29.1 Å². The lowest BCUT2D eigenvalue weighted by Crippen LogP contribution is -2.35. The highest BCUT2D eigenvalue weighted by Crippen LogP contribution is 2.38. The highest BCUT2D eigenvalue weighted by atomic mass is 32.1. The SMILES string of the molecule is COC(=O)CC(c1ccc(OCc2ccccc2)c(OC)c1)N1C(=O)c2cscc2C1=O. The van der Waals surface area contributed by atoms with Crippen molar-refractivity contribution in [2.45, 2.75) is 19.1 Å². The standard InChI is InChI=1S/C24H21NO6S/c1-29-21-10-16(8-9-20(21)31-12-15-6-4-3-5-7-15)19(11-22(26)30-2)25-23(27)17-13-32-14-18(17)24(25)28/h3-10,13-14,19H,11-12H2,1-2H3. The van der Waals surface area contributed by atoms with Gasteiger partial charge < -0.3 is 14.2 Å². The molecule has 0 fully saturated rings. The van der Waals surface area contributed by atoms with Gasteiger partial charge in [-0.25, -0.2) is 0 Å². The van der Waals surface area contributed by atoms with Crippen LogP contribution in [0.5, 0.6) is 11.5 Å². The second-order valence-corrected chi connectivity index (χ2v) is 7.90. The van der Waals surface area contributed by atoms with Gasteiger partial charge >= 0.3 is 5.97 Å². The summed E-state index contributed by atoms with van der Waals surface area (Å²) in [5.41, 5.74) is 2.27. The van der Waals surface area contributed by atoms with Crippen LogP contribution in [0, 0.1) is 0 Å². The van der Waals surface area contributed by atoms with Crippen molar-refractivity contribution in [3.05, 3.63) is 81.5 Å². The molecule has 3 aromatic rings. The van der Waals surface area contributed by atoms with Crippen LogP contribution in [0.2, 0.25) is 0 Å². The van der Waals surface area contributed by atoms with Crippen LogP contribution < -0.4 is 9.47 Å². The summed E-state index contributed by atoms with van der Waals surface area (Å²) in [6, 6.07) is 14.0. The van der Waals surface area contributed by atoms with Gasteiger partial charge in [0.2, 0.25) is 0 Å². The van der Waals surface area contributed by atoms with Crippen LogP contribution in [0.15, 0.2) is 59.3 Å². The van der Waals surface area contributed by atoms with Crippen LogP contribution in [-0.2, 0) is 16.1 Å². The molecule has 0 saturated carbocycles. The first-order chi connectivity index (χ1) is 15.5. The molecule has 4 rings (SSSR count). The minimum Gasteiger partial charge on any atom is -0.493 e. The van der Waals surface area contributed by atoms with Gasteiger partial charge in [0.05, 0.1) is 37.8 Å². The first-order valence-corrected chi connectivity index (χ1v) is 10.8. The molecule has 1 aliphatic rings.